The molecule has 0 saturated carbocycles. The van der Waals surface area contributed by atoms with Gasteiger partial charge < -0.3 is 9.47 Å². The zero-order valence-corrected chi connectivity index (χ0v) is 20.3. The van der Waals surface area contributed by atoms with Crippen LogP contribution in [0.2, 0.25) is 0 Å². The van der Waals surface area contributed by atoms with Crippen LogP contribution in [-0.2, 0) is 4.74 Å². The number of benzene rings is 1. The van der Waals surface area contributed by atoms with E-state index >= 15 is 0 Å². The number of alkyl halides is 3. The van der Waals surface area contributed by atoms with Crippen LogP contribution in [-0.4, -0.2) is 66.5 Å². The highest BCUT2D eigenvalue weighted by atomic mass is 35.5. The van der Waals surface area contributed by atoms with Crippen LogP contribution in [0.15, 0.2) is 18.2 Å². The molecule has 1 amide bonds. The number of carbonyl (C=O) groups is 1. The van der Waals surface area contributed by atoms with Crippen molar-refractivity contribution in [3.63, 3.8) is 0 Å². The standard InChI is InChI=1S/C20H21F3N4O3S2.ClH/c1-12-17(31-13(2)24-12)18(28)27(6-5-26-7-9-29-10-8-26)19-25-15-4-3-14(11-16(15)32-19)30-20(21,22)23;/h3-4,11H,5-10H2,1-2H3;1H. The molecule has 0 unspecified atom stereocenters. The molecule has 33 heavy (non-hydrogen) atoms. The number of nitrogens with zero attached hydrogens (tertiary/aromatic N) is 4. The maximum Gasteiger partial charge on any atom is 0.573 e. The van der Waals surface area contributed by atoms with E-state index in [2.05, 4.69) is 19.6 Å². The third-order valence-electron chi connectivity index (χ3n) is 4.90. The van der Waals surface area contributed by atoms with Crippen molar-refractivity contribution in [1.29, 1.82) is 0 Å². The molecule has 0 radical (unpaired) electrons. The number of carbonyl (C=O) groups excluding carboxylic acids is 1. The molecule has 0 N–H and O–H groups in total. The maximum absolute atomic E-state index is 13.4. The van der Waals surface area contributed by atoms with Crippen molar-refractivity contribution in [2.75, 3.05) is 44.3 Å². The predicted octanol–water partition coefficient (Wildman–Crippen LogP) is 4.67. The number of ether oxygens (including phenoxy) is 2. The lowest BCUT2D eigenvalue weighted by atomic mass is 10.3. The molecule has 3 aromatic rings. The second kappa shape index (κ2) is 10.5. The lowest BCUT2D eigenvalue weighted by Gasteiger charge is -2.29. The zero-order valence-electron chi connectivity index (χ0n) is 17.8. The Kier molecular flexibility index (Phi) is 8.17. The number of morpholine rings is 1. The Bertz CT molecular complexity index is 1120. The molecule has 1 saturated heterocycles. The fourth-order valence-corrected chi connectivity index (χ4v) is 5.30. The third-order valence-corrected chi connectivity index (χ3v) is 7.00. The van der Waals surface area contributed by atoms with Crippen LogP contribution < -0.4 is 9.64 Å². The summed E-state index contributed by atoms with van der Waals surface area (Å²) >= 11 is 2.47. The first-order valence-corrected chi connectivity index (χ1v) is 11.6. The lowest BCUT2D eigenvalue weighted by molar-refractivity contribution is -0.274. The van der Waals surface area contributed by atoms with E-state index in [4.69, 9.17) is 4.74 Å². The van der Waals surface area contributed by atoms with Gasteiger partial charge in [-0.05, 0) is 26.0 Å². The van der Waals surface area contributed by atoms with Crippen molar-refractivity contribution in [3.8, 4) is 5.75 Å². The van der Waals surface area contributed by atoms with Gasteiger partial charge in [-0.3, -0.25) is 14.6 Å². The molecule has 1 aliphatic rings. The number of aromatic nitrogens is 2. The minimum atomic E-state index is -4.77. The molecule has 0 atom stereocenters. The molecule has 0 spiro atoms. The number of aryl methyl sites for hydroxylation is 2. The highest BCUT2D eigenvalue weighted by Crippen LogP contribution is 2.34. The smallest absolute Gasteiger partial charge is 0.406 e. The number of fused-ring (bicyclic) bond motifs is 1. The highest BCUT2D eigenvalue weighted by molar-refractivity contribution is 7.22. The molecule has 2 aromatic heterocycles. The van der Waals surface area contributed by atoms with Gasteiger partial charge in [0.1, 0.15) is 10.6 Å². The molecule has 4 rings (SSSR count). The predicted molar refractivity (Wildman–Crippen MR) is 124 cm³/mol. The van der Waals surface area contributed by atoms with Gasteiger partial charge in [-0.1, -0.05) is 11.3 Å². The lowest BCUT2D eigenvalue weighted by Crippen LogP contribution is -2.43. The van der Waals surface area contributed by atoms with Gasteiger partial charge in [0.25, 0.3) is 5.91 Å². The van der Waals surface area contributed by atoms with E-state index in [1.807, 2.05) is 6.92 Å². The number of halogens is 4. The van der Waals surface area contributed by atoms with Crippen LogP contribution in [0.25, 0.3) is 10.2 Å². The summed E-state index contributed by atoms with van der Waals surface area (Å²) in [6, 6.07) is 3.97. The summed E-state index contributed by atoms with van der Waals surface area (Å²) in [5.41, 5.74) is 1.15. The minimum absolute atomic E-state index is 0. The molecule has 1 aliphatic heterocycles. The van der Waals surface area contributed by atoms with E-state index in [0.29, 0.717) is 52.2 Å². The van der Waals surface area contributed by atoms with Gasteiger partial charge in [-0.2, -0.15) is 0 Å². The van der Waals surface area contributed by atoms with Gasteiger partial charge in [-0.25, -0.2) is 9.97 Å². The molecule has 7 nitrogen and oxygen atoms in total. The number of hydrogen-bond donors (Lipinski definition) is 0. The molecular weight excluding hydrogens is 501 g/mol. The van der Waals surface area contributed by atoms with Crippen molar-refractivity contribution in [3.05, 3.63) is 33.8 Å². The molecule has 180 valence electrons. The quantitative estimate of drug-likeness (QED) is 0.469. The van der Waals surface area contributed by atoms with Crippen molar-refractivity contribution in [1.82, 2.24) is 14.9 Å². The van der Waals surface area contributed by atoms with Crippen molar-refractivity contribution in [2.45, 2.75) is 20.2 Å². The van der Waals surface area contributed by atoms with Crippen LogP contribution >= 0.6 is 35.1 Å². The Morgan fingerprint density at radius 2 is 1.94 bits per heavy atom. The Morgan fingerprint density at radius 1 is 1.21 bits per heavy atom. The van der Waals surface area contributed by atoms with Crippen LogP contribution in [0.5, 0.6) is 5.75 Å². The Labute approximate surface area is 202 Å². The van der Waals surface area contributed by atoms with Gasteiger partial charge in [-0.15, -0.1) is 36.9 Å². The van der Waals surface area contributed by atoms with E-state index in [9.17, 15) is 18.0 Å². The Balaban J connectivity index is 0.00000306. The number of thiazole rings is 2. The Morgan fingerprint density at radius 3 is 2.58 bits per heavy atom. The van der Waals surface area contributed by atoms with Crippen LogP contribution in [0.1, 0.15) is 20.4 Å². The summed E-state index contributed by atoms with van der Waals surface area (Å²) in [4.78, 5) is 26.6. The SMILES string of the molecule is Cc1nc(C)c(C(=O)N(CCN2CCOCC2)c2nc3ccc(OC(F)(F)F)cc3s2)s1.Cl. The monoisotopic (exact) mass is 522 g/mol. The first kappa shape index (κ1) is 25.6. The maximum atomic E-state index is 13.4. The molecule has 1 aromatic carbocycles. The average Bonchev–Trinajstić information content (AvgIpc) is 3.29. The van der Waals surface area contributed by atoms with E-state index in [-0.39, 0.29) is 24.1 Å². The topological polar surface area (TPSA) is 67.8 Å². The molecule has 0 aliphatic carbocycles. The van der Waals surface area contributed by atoms with Gasteiger partial charge >= 0.3 is 6.36 Å². The fraction of sp³-hybridized carbons (Fsp3) is 0.450. The summed E-state index contributed by atoms with van der Waals surface area (Å²) in [7, 11) is 0. The number of hydrogen-bond acceptors (Lipinski definition) is 8. The molecule has 13 heteroatoms. The number of amides is 1. The number of rotatable bonds is 6. The summed E-state index contributed by atoms with van der Waals surface area (Å²) in [5, 5.41) is 1.21. The van der Waals surface area contributed by atoms with E-state index in [0.717, 1.165) is 29.4 Å². The van der Waals surface area contributed by atoms with Gasteiger partial charge in [0.2, 0.25) is 0 Å². The van der Waals surface area contributed by atoms with Gasteiger partial charge in [0, 0.05) is 32.2 Å². The highest BCUT2D eigenvalue weighted by Gasteiger charge is 2.31. The van der Waals surface area contributed by atoms with E-state index < -0.39 is 6.36 Å². The van der Waals surface area contributed by atoms with Gasteiger partial charge in [0.05, 0.1) is 34.1 Å². The Hall–Kier alpha value is -1.99. The fourth-order valence-electron chi connectivity index (χ4n) is 3.41. The number of anilines is 1. The van der Waals surface area contributed by atoms with Crippen LogP contribution in [0.3, 0.4) is 0 Å². The van der Waals surface area contributed by atoms with Crippen molar-refractivity contribution < 1.29 is 27.4 Å². The summed E-state index contributed by atoms with van der Waals surface area (Å²) in [5.74, 6) is -0.535. The molecule has 0 bridgehead atoms. The summed E-state index contributed by atoms with van der Waals surface area (Å²) in [6.45, 7) is 7.49. The van der Waals surface area contributed by atoms with Crippen LogP contribution in [0, 0.1) is 13.8 Å². The second-order valence-electron chi connectivity index (χ2n) is 7.23. The second-order valence-corrected chi connectivity index (χ2v) is 9.44. The first-order chi connectivity index (χ1) is 15.2. The zero-order chi connectivity index (χ0) is 22.9. The van der Waals surface area contributed by atoms with E-state index in [1.54, 1.807) is 11.8 Å². The minimum Gasteiger partial charge on any atom is -0.406 e. The normalized spacial score (nSPS) is 14.8. The molecule has 3 heterocycles. The third kappa shape index (κ3) is 6.33. The van der Waals surface area contributed by atoms with Crippen molar-refractivity contribution in [2.24, 2.45) is 0 Å². The van der Waals surface area contributed by atoms with Crippen LogP contribution in [0.4, 0.5) is 18.3 Å². The average molecular weight is 523 g/mol. The first-order valence-electron chi connectivity index (χ1n) is 9.92. The van der Waals surface area contributed by atoms with Crippen molar-refractivity contribution >= 4 is 56.3 Å². The van der Waals surface area contributed by atoms with Gasteiger partial charge in [0.15, 0.2) is 5.13 Å². The van der Waals surface area contributed by atoms with E-state index in [1.165, 1.54) is 29.5 Å². The largest absolute Gasteiger partial charge is 0.573 e. The summed E-state index contributed by atoms with van der Waals surface area (Å²) < 4.78 is 47.6. The molecular formula is C20H22ClF3N4O3S2. The summed E-state index contributed by atoms with van der Waals surface area (Å²) in [6.07, 6.45) is -4.77. The molecule has 1 fully saturated rings.